The highest BCUT2D eigenvalue weighted by Gasteiger charge is 2.28. The van der Waals surface area contributed by atoms with Crippen molar-refractivity contribution in [2.75, 3.05) is 7.11 Å². The van der Waals surface area contributed by atoms with Gasteiger partial charge in [-0.3, -0.25) is 9.78 Å². The quantitative estimate of drug-likeness (QED) is 0.458. The first kappa shape index (κ1) is 25.0. The molecular weight excluding hydrogens is 455 g/mol. The maximum Gasteiger partial charge on any atom is 0.185 e. The molecule has 8 heteroatoms. The first-order valence-electron chi connectivity index (χ1n) is 11.6. The summed E-state index contributed by atoms with van der Waals surface area (Å²) in [5.74, 6) is -2.60. The Bertz CT molecular complexity index is 1200. The number of carbonyl (C=O) groups is 1. The van der Waals surface area contributed by atoms with Crippen molar-refractivity contribution >= 4 is 5.78 Å². The molecule has 35 heavy (non-hydrogen) atoms. The molecule has 3 aromatic rings. The largest absolute Gasteiger partial charge is 0.380 e. The molecular formula is C27H28F3N3O2. The molecule has 0 amide bonds. The van der Waals surface area contributed by atoms with Gasteiger partial charge in [-0.1, -0.05) is 6.92 Å². The number of methoxy groups -OCH3 is 1. The monoisotopic (exact) mass is 483 g/mol. The minimum atomic E-state index is -0.981. The van der Waals surface area contributed by atoms with Crippen molar-refractivity contribution < 1.29 is 22.7 Å². The molecule has 0 radical (unpaired) electrons. The van der Waals surface area contributed by atoms with Gasteiger partial charge >= 0.3 is 0 Å². The van der Waals surface area contributed by atoms with Crippen molar-refractivity contribution in [2.45, 2.75) is 51.2 Å². The van der Waals surface area contributed by atoms with E-state index in [0.29, 0.717) is 5.92 Å². The van der Waals surface area contributed by atoms with Crippen LogP contribution in [0.25, 0.3) is 11.3 Å². The number of aromatic nitrogens is 2. The number of ketones is 1. The molecule has 2 aromatic heterocycles. The number of nitrogens with zero attached hydrogens (tertiary/aromatic N) is 2. The third-order valence-electron chi connectivity index (χ3n) is 6.49. The Labute approximate surface area is 202 Å². The summed E-state index contributed by atoms with van der Waals surface area (Å²) < 4.78 is 48.9. The van der Waals surface area contributed by atoms with Crippen LogP contribution in [0.3, 0.4) is 0 Å². The van der Waals surface area contributed by atoms with Gasteiger partial charge in [0.15, 0.2) is 5.78 Å². The van der Waals surface area contributed by atoms with Crippen LogP contribution in [0.15, 0.2) is 42.7 Å². The van der Waals surface area contributed by atoms with Crippen molar-refractivity contribution in [1.82, 2.24) is 9.97 Å². The summed E-state index contributed by atoms with van der Waals surface area (Å²) in [7, 11) is 1.40. The molecule has 2 heterocycles. The van der Waals surface area contributed by atoms with Crippen LogP contribution in [0.5, 0.6) is 0 Å². The Hall–Kier alpha value is -3.10. The van der Waals surface area contributed by atoms with Crippen molar-refractivity contribution in [1.29, 1.82) is 0 Å². The fourth-order valence-electron chi connectivity index (χ4n) is 5.03. The summed E-state index contributed by atoms with van der Waals surface area (Å²) in [5.41, 5.74) is 7.02. The number of ether oxygens (including phenoxy) is 1. The number of nitrogens with two attached hydrogens (primary N) is 1. The third kappa shape index (κ3) is 5.60. The molecule has 3 atom stereocenters. The molecule has 1 aromatic carbocycles. The van der Waals surface area contributed by atoms with Crippen molar-refractivity contribution in [3.05, 3.63) is 82.6 Å². The lowest BCUT2D eigenvalue weighted by Gasteiger charge is -2.32. The van der Waals surface area contributed by atoms with E-state index >= 15 is 0 Å². The standard InChI is InChI=1S/C27H28F3N3O2/c1-15-7-17(11-19(31)8-15)20-5-6-32-13-18(20)12-25(34)24-4-3-21(28)27(33-24)26-22(29)9-16(14-35-2)10-23(26)30/h3-6,9-10,13,15,17,19H,7-8,11-12,14,31H2,1-2H3/t15-,17+,19-/m0/s1. The van der Waals surface area contributed by atoms with Crippen LogP contribution in [-0.4, -0.2) is 28.9 Å². The molecule has 184 valence electrons. The average molecular weight is 484 g/mol. The summed E-state index contributed by atoms with van der Waals surface area (Å²) in [6, 6.07) is 6.37. The molecule has 0 spiro atoms. The zero-order chi connectivity index (χ0) is 25.1. The number of halogens is 3. The van der Waals surface area contributed by atoms with Gasteiger partial charge in [-0.2, -0.15) is 0 Å². The molecule has 4 rings (SSSR count). The lowest BCUT2D eigenvalue weighted by molar-refractivity contribution is 0.0987. The number of pyridine rings is 2. The van der Waals surface area contributed by atoms with E-state index in [1.807, 2.05) is 6.07 Å². The summed E-state index contributed by atoms with van der Waals surface area (Å²) in [4.78, 5) is 21.3. The minimum Gasteiger partial charge on any atom is -0.380 e. The molecule has 1 aliphatic carbocycles. The van der Waals surface area contributed by atoms with E-state index < -0.39 is 34.5 Å². The second kappa shape index (κ2) is 10.7. The van der Waals surface area contributed by atoms with Crippen LogP contribution in [0, 0.1) is 23.4 Å². The van der Waals surface area contributed by atoms with Gasteiger partial charge in [0.05, 0.1) is 12.2 Å². The van der Waals surface area contributed by atoms with Gasteiger partial charge < -0.3 is 10.5 Å². The Morgan fingerprint density at radius 2 is 1.83 bits per heavy atom. The highest BCUT2D eigenvalue weighted by Crippen LogP contribution is 2.37. The Morgan fingerprint density at radius 3 is 2.51 bits per heavy atom. The minimum absolute atomic E-state index is 0.000670. The SMILES string of the molecule is COCc1cc(F)c(-c2nc(C(=O)Cc3cnccc3[C@@H]3C[C@H](C)C[C@H](N)C3)ccc2F)c(F)c1. The number of Topliss-reactive ketones (excluding diaryl/α,β-unsaturated/α-hetero) is 1. The molecule has 0 aliphatic heterocycles. The number of hydrogen-bond acceptors (Lipinski definition) is 5. The van der Waals surface area contributed by atoms with Crippen molar-refractivity contribution in [3.8, 4) is 11.3 Å². The molecule has 0 bridgehead atoms. The van der Waals surface area contributed by atoms with E-state index in [1.165, 1.54) is 13.2 Å². The lowest BCUT2D eigenvalue weighted by Crippen LogP contribution is -2.31. The van der Waals surface area contributed by atoms with Crippen LogP contribution < -0.4 is 5.73 Å². The fraction of sp³-hybridized carbons (Fsp3) is 0.370. The Kier molecular flexibility index (Phi) is 7.62. The van der Waals surface area contributed by atoms with E-state index in [9.17, 15) is 18.0 Å². The molecule has 0 saturated heterocycles. The normalized spacial score (nSPS) is 20.1. The van der Waals surface area contributed by atoms with Crippen LogP contribution in [0.1, 0.15) is 59.3 Å². The van der Waals surface area contributed by atoms with Gasteiger partial charge in [0.1, 0.15) is 28.8 Å². The summed E-state index contributed by atoms with van der Waals surface area (Å²) in [5, 5.41) is 0. The Morgan fingerprint density at radius 1 is 1.09 bits per heavy atom. The van der Waals surface area contributed by atoms with Crippen molar-refractivity contribution in [2.24, 2.45) is 11.7 Å². The van der Waals surface area contributed by atoms with Gasteiger partial charge in [0, 0.05) is 32.0 Å². The highest BCUT2D eigenvalue weighted by molar-refractivity contribution is 5.96. The van der Waals surface area contributed by atoms with E-state index in [2.05, 4.69) is 16.9 Å². The predicted molar refractivity (Wildman–Crippen MR) is 126 cm³/mol. The molecule has 1 aliphatic rings. The van der Waals surface area contributed by atoms with Gasteiger partial charge in [-0.05, 0) is 78.1 Å². The van der Waals surface area contributed by atoms with E-state index in [1.54, 1.807) is 12.4 Å². The zero-order valence-corrected chi connectivity index (χ0v) is 19.7. The third-order valence-corrected chi connectivity index (χ3v) is 6.49. The first-order chi connectivity index (χ1) is 16.8. The maximum absolute atomic E-state index is 14.7. The van der Waals surface area contributed by atoms with Gasteiger partial charge in [-0.25, -0.2) is 18.2 Å². The van der Waals surface area contributed by atoms with E-state index in [-0.39, 0.29) is 36.2 Å². The fourth-order valence-corrected chi connectivity index (χ4v) is 5.03. The highest BCUT2D eigenvalue weighted by atomic mass is 19.1. The predicted octanol–water partition coefficient (Wildman–Crippen LogP) is 5.36. The van der Waals surface area contributed by atoms with E-state index in [0.717, 1.165) is 48.6 Å². The Balaban J connectivity index is 1.63. The average Bonchev–Trinajstić information content (AvgIpc) is 2.79. The molecule has 5 nitrogen and oxygen atoms in total. The smallest absolute Gasteiger partial charge is 0.185 e. The molecule has 2 N–H and O–H groups in total. The van der Waals surface area contributed by atoms with Crippen LogP contribution >= 0.6 is 0 Å². The number of rotatable bonds is 7. The van der Waals surface area contributed by atoms with Gasteiger partial charge in [0.2, 0.25) is 0 Å². The summed E-state index contributed by atoms with van der Waals surface area (Å²) in [6.07, 6.45) is 6.09. The molecule has 1 fully saturated rings. The number of benzene rings is 1. The topological polar surface area (TPSA) is 78.1 Å². The van der Waals surface area contributed by atoms with E-state index in [4.69, 9.17) is 10.5 Å². The van der Waals surface area contributed by atoms with Crippen LogP contribution in [0.4, 0.5) is 13.2 Å². The molecule has 0 unspecified atom stereocenters. The second-order valence-electron chi connectivity index (χ2n) is 9.34. The van der Waals surface area contributed by atoms with Gasteiger partial charge in [0.25, 0.3) is 0 Å². The summed E-state index contributed by atoms with van der Waals surface area (Å²) in [6.45, 7) is 2.17. The van der Waals surface area contributed by atoms with Crippen LogP contribution in [-0.2, 0) is 17.8 Å². The van der Waals surface area contributed by atoms with Crippen molar-refractivity contribution in [3.63, 3.8) is 0 Å². The second-order valence-corrected chi connectivity index (χ2v) is 9.34. The van der Waals surface area contributed by atoms with Crippen LogP contribution in [0.2, 0.25) is 0 Å². The first-order valence-corrected chi connectivity index (χ1v) is 11.6. The zero-order valence-electron chi connectivity index (χ0n) is 19.7. The number of hydrogen-bond donors (Lipinski definition) is 1. The maximum atomic E-state index is 14.7. The lowest BCUT2D eigenvalue weighted by atomic mass is 9.75. The molecule has 1 saturated carbocycles. The number of carbonyl (C=O) groups excluding carboxylic acids is 1. The van der Waals surface area contributed by atoms with Gasteiger partial charge in [-0.15, -0.1) is 0 Å². The summed E-state index contributed by atoms with van der Waals surface area (Å²) >= 11 is 0.